The van der Waals surface area contributed by atoms with Crippen molar-refractivity contribution in [2.45, 2.75) is 349 Å². The number of ether oxygens (including phenoxy) is 4. The molecule has 85 heavy (non-hydrogen) atoms. The highest BCUT2D eigenvalue weighted by molar-refractivity contribution is 7.47. The number of carbonyl (C=O) groups excluding carboxylic acids is 4. The first kappa shape index (κ1) is 83.1. The van der Waals surface area contributed by atoms with Gasteiger partial charge in [0.25, 0.3) is 0 Å². The van der Waals surface area contributed by atoms with Gasteiger partial charge in [0.1, 0.15) is 19.3 Å². The molecule has 0 amide bonds. The Kier molecular flexibility index (Phi) is 57.1. The Bertz CT molecular complexity index is 1670. The second-order valence-corrected chi connectivity index (χ2v) is 27.7. The third-order valence-corrected chi connectivity index (χ3v) is 17.1. The van der Waals surface area contributed by atoms with Crippen molar-refractivity contribution in [2.24, 2.45) is 11.8 Å². The number of rotatable bonds is 65. The second kappa shape index (κ2) is 58.4. The van der Waals surface area contributed by atoms with Crippen LogP contribution in [-0.2, 0) is 65.4 Å². The molecule has 0 spiro atoms. The van der Waals surface area contributed by atoms with Crippen LogP contribution in [0.5, 0.6) is 0 Å². The van der Waals surface area contributed by atoms with Gasteiger partial charge in [-0.15, -0.1) is 0 Å². The standard InChI is InChI=1S/C66H128O17P2/c1-7-9-11-13-15-17-22-26-30-37-43-49-64(69)77-54-61(82-65(70)50-44-38-31-27-24-21-19-18-20-23-25-28-34-40-46-58(3)4)56-80-84(72,73)78-52-60(67)53-79-85(74,75)81-57-62(55-76-63(68)48-42-36-29-16-14-12-10-8-2)83-66(71)51-45-39-33-32-35-41-47-59(5)6/h58-62,67H,7-57H2,1-6H3,(H,72,73)(H,74,75)/t60-,61-,62-/m1/s1. The quantitative estimate of drug-likeness (QED) is 0.0222. The molecule has 0 aliphatic rings. The fourth-order valence-corrected chi connectivity index (χ4v) is 11.5. The number of hydrogen-bond donors (Lipinski definition) is 3. The Labute approximate surface area is 517 Å². The maximum atomic E-state index is 13.0. The van der Waals surface area contributed by atoms with E-state index >= 15 is 0 Å². The van der Waals surface area contributed by atoms with Crippen LogP contribution in [0.4, 0.5) is 0 Å². The molecule has 504 valence electrons. The maximum absolute atomic E-state index is 13.0. The van der Waals surface area contributed by atoms with E-state index in [0.717, 1.165) is 102 Å². The summed E-state index contributed by atoms with van der Waals surface area (Å²) in [7, 11) is -9.89. The van der Waals surface area contributed by atoms with E-state index in [9.17, 15) is 43.2 Å². The number of aliphatic hydroxyl groups is 1. The number of unbranched alkanes of at least 4 members (excludes halogenated alkanes) is 35. The van der Waals surface area contributed by atoms with E-state index in [2.05, 4.69) is 41.5 Å². The van der Waals surface area contributed by atoms with E-state index in [1.165, 1.54) is 141 Å². The summed E-state index contributed by atoms with van der Waals surface area (Å²) in [6.07, 6.45) is 41.9. The van der Waals surface area contributed by atoms with Gasteiger partial charge in [0.2, 0.25) is 0 Å². The monoisotopic (exact) mass is 1250 g/mol. The molecule has 0 heterocycles. The summed E-state index contributed by atoms with van der Waals surface area (Å²) in [5.41, 5.74) is 0. The highest BCUT2D eigenvalue weighted by Gasteiger charge is 2.30. The molecular weight excluding hydrogens is 1130 g/mol. The maximum Gasteiger partial charge on any atom is 0.472 e. The molecule has 0 rings (SSSR count). The molecule has 0 saturated carbocycles. The van der Waals surface area contributed by atoms with E-state index < -0.39 is 97.5 Å². The fourth-order valence-electron chi connectivity index (χ4n) is 9.88. The number of phosphoric acid groups is 2. The van der Waals surface area contributed by atoms with Gasteiger partial charge < -0.3 is 33.8 Å². The number of phosphoric ester groups is 2. The molecule has 0 aliphatic carbocycles. The lowest BCUT2D eigenvalue weighted by Crippen LogP contribution is -2.30. The van der Waals surface area contributed by atoms with Crippen LogP contribution in [0.1, 0.15) is 330 Å². The summed E-state index contributed by atoms with van der Waals surface area (Å²) in [5.74, 6) is -0.671. The van der Waals surface area contributed by atoms with Gasteiger partial charge in [-0.05, 0) is 37.5 Å². The summed E-state index contributed by atoms with van der Waals surface area (Å²) >= 11 is 0. The fraction of sp³-hybridized carbons (Fsp3) is 0.939. The van der Waals surface area contributed by atoms with Gasteiger partial charge in [-0.2, -0.15) is 0 Å². The zero-order valence-electron chi connectivity index (χ0n) is 54.9. The zero-order valence-corrected chi connectivity index (χ0v) is 56.7. The third-order valence-electron chi connectivity index (χ3n) is 15.2. The van der Waals surface area contributed by atoms with Gasteiger partial charge in [0, 0.05) is 25.7 Å². The lowest BCUT2D eigenvalue weighted by molar-refractivity contribution is -0.161. The molecule has 0 aliphatic heterocycles. The summed E-state index contributed by atoms with van der Waals surface area (Å²) in [6.45, 7) is 9.41. The molecule has 5 atom stereocenters. The molecule has 3 N–H and O–H groups in total. The van der Waals surface area contributed by atoms with Crippen LogP contribution in [0, 0.1) is 11.8 Å². The van der Waals surface area contributed by atoms with E-state index in [0.29, 0.717) is 31.6 Å². The largest absolute Gasteiger partial charge is 0.472 e. The lowest BCUT2D eigenvalue weighted by atomic mass is 10.0. The van der Waals surface area contributed by atoms with Crippen molar-refractivity contribution >= 4 is 39.5 Å². The second-order valence-electron chi connectivity index (χ2n) is 24.8. The van der Waals surface area contributed by atoms with Crippen LogP contribution in [0.2, 0.25) is 0 Å². The molecule has 0 bridgehead atoms. The minimum Gasteiger partial charge on any atom is -0.462 e. The van der Waals surface area contributed by atoms with E-state index in [4.69, 9.17) is 37.0 Å². The highest BCUT2D eigenvalue weighted by Crippen LogP contribution is 2.45. The average Bonchev–Trinajstić information content (AvgIpc) is 3.53. The normalized spacial score (nSPS) is 14.2. The van der Waals surface area contributed by atoms with E-state index in [1.54, 1.807) is 0 Å². The average molecular weight is 1260 g/mol. The molecule has 0 fully saturated rings. The zero-order chi connectivity index (χ0) is 62.9. The molecule has 19 heteroatoms. The molecule has 0 saturated heterocycles. The Morgan fingerprint density at radius 1 is 0.318 bits per heavy atom. The van der Waals surface area contributed by atoms with Gasteiger partial charge in [-0.1, -0.05) is 279 Å². The predicted molar refractivity (Wildman–Crippen MR) is 340 cm³/mol. The molecule has 0 radical (unpaired) electrons. The van der Waals surface area contributed by atoms with Crippen LogP contribution in [0.25, 0.3) is 0 Å². The van der Waals surface area contributed by atoms with Gasteiger partial charge >= 0.3 is 39.5 Å². The minimum atomic E-state index is -4.95. The highest BCUT2D eigenvalue weighted by atomic mass is 31.2. The third kappa shape index (κ3) is 60.7. The Morgan fingerprint density at radius 2 is 0.541 bits per heavy atom. The topological polar surface area (TPSA) is 237 Å². The van der Waals surface area contributed by atoms with Crippen molar-refractivity contribution in [3.63, 3.8) is 0 Å². The van der Waals surface area contributed by atoms with Crippen LogP contribution in [0.3, 0.4) is 0 Å². The minimum absolute atomic E-state index is 0.102. The smallest absolute Gasteiger partial charge is 0.462 e. The summed E-state index contributed by atoms with van der Waals surface area (Å²) in [6, 6.07) is 0. The first-order valence-electron chi connectivity index (χ1n) is 34.5. The number of hydrogen-bond acceptors (Lipinski definition) is 15. The summed E-state index contributed by atoms with van der Waals surface area (Å²) in [4.78, 5) is 72.2. The Balaban J connectivity index is 5.19. The number of esters is 4. The SMILES string of the molecule is CCCCCCCCCCCCCC(=O)OC[C@H](COP(=O)(O)OC[C@@H](O)COP(=O)(O)OC[C@@H](COC(=O)CCCCCCCCCC)OC(=O)CCCCCCCCC(C)C)OC(=O)CCCCCCCCCCCCCCCCC(C)C. The van der Waals surface area contributed by atoms with Crippen molar-refractivity contribution in [2.75, 3.05) is 39.6 Å². The van der Waals surface area contributed by atoms with Crippen molar-refractivity contribution in [3.8, 4) is 0 Å². The molecular formula is C66H128O17P2. The predicted octanol–water partition coefficient (Wildman–Crippen LogP) is 18.4. The Hall–Kier alpha value is -1.94. The van der Waals surface area contributed by atoms with Gasteiger partial charge in [0.15, 0.2) is 12.2 Å². The summed E-state index contributed by atoms with van der Waals surface area (Å²) < 4.78 is 68.0. The number of carbonyl (C=O) groups is 4. The van der Waals surface area contributed by atoms with Crippen LogP contribution in [0.15, 0.2) is 0 Å². The summed E-state index contributed by atoms with van der Waals surface area (Å²) in [5, 5.41) is 10.5. The van der Waals surface area contributed by atoms with Crippen molar-refractivity contribution < 1.29 is 80.2 Å². The van der Waals surface area contributed by atoms with Crippen LogP contribution in [-0.4, -0.2) is 96.7 Å². The molecule has 17 nitrogen and oxygen atoms in total. The first-order chi connectivity index (χ1) is 40.9. The molecule has 0 aromatic carbocycles. The molecule has 2 unspecified atom stereocenters. The van der Waals surface area contributed by atoms with Crippen LogP contribution >= 0.6 is 15.6 Å². The van der Waals surface area contributed by atoms with Crippen molar-refractivity contribution in [1.82, 2.24) is 0 Å². The Morgan fingerprint density at radius 3 is 0.800 bits per heavy atom. The van der Waals surface area contributed by atoms with Crippen LogP contribution < -0.4 is 0 Å². The first-order valence-corrected chi connectivity index (χ1v) is 37.5. The van der Waals surface area contributed by atoms with Crippen molar-refractivity contribution in [1.29, 1.82) is 0 Å². The van der Waals surface area contributed by atoms with Gasteiger partial charge in [0.05, 0.1) is 26.4 Å². The lowest BCUT2D eigenvalue weighted by Gasteiger charge is -2.21. The van der Waals surface area contributed by atoms with E-state index in [1.807, 2.05) is 0 Å². The molecule has 0 aromatic heterocycles. The van der Waals surface area contributed by atoms with Gasteiger partial charge in [-0.25, -0.2) is 9.13 Å². The van der Waals surface area contributed by atoms with Gasteiger partial charge in [-0.3, -0.25) is 37.3 Å². The van der Waals surface area contributed by atoms with E-state index in [-0.39, 0.29) is 25.7 Å². The van der Waals surface area contributed by atoms with Crippen molar-refractivity contribution in [3.05, 3.63) is 0 Å². The molecule has 0 aromatic rings. The number of aliphatic hydroxyl groups excluding tert-OH is 1.